The zero-order valence-electron chi connectivity index (χ0n) is 8.96. The second kappa shape index (κ2) is 8.42. The van der Waals surface area contributed by atoms with E-state index in [1.54, 1.807) is 12.3 Å². The number of hydrogen-bond acceptors (Lipinski definition) is 2. The van der Waals surface area contributed by atoms with Crippen molar-refractivity contribution in [3.8, 4) is 0 Å². The number of carbonyl (C=O) groups excluding carboxylic acids is 1. The minimum absolute atomic E-state index is 0.457. The van der Waals surface area contributed by atoms with Gasteiger partial charge in [0.2, 0.25) is 0 Å². The van der Waals surface area contributed by atoms with Crippen LogP contribution in [-0.2, 0) is 11.8 Å². The number of nitrogens with one attached hydrogen (secondary N) is 1. The quantitative estimate of drug-likeness (QED) is 0.514. The van der Waals surface area contributed by atoms with Crippen LogP contribution >= 0.6 is 35.6 Å². The number of ether oxygens (including phenoxy) is 1. The van der Waals surface area contributed by atoms with Gasteiger partial charge in [0.15, 0.2) is 12.4 Å². The molecule has 0 aromatic carbocycles. The molecule has 9 heteroatoms. The summed E-state index contributed by atoms with van der Waals surface area (Å²) in [6.45, 7) is 0. The Morgan fingerprint density at radius 1 is 1.41 bits per heavy atom. The van der Waals surface area contributed by atoms with Crippen molar-refractivity contribution in [2.45, 2.75) is 0 Å². The number of amides is 1. The van der Waals surface area contributed by atoms with Crippen molar-refractivity contribution in [2.24, 2.45) is 7.05 Å². The summed E-state index contributed by atoms with van der Waals surface area (Å²) in [5.41, 5.74) is 0.715. The molecule has 1 amide bonds. The van der Waals surface area contributed by atoms with Gasteiger partial charge in [0.25, 0.3) is 0 Å². The molecule has 1 N–H and O–H groups in total. The van der Waals surface area contributed by atoms with Crippen LogP contribution in [0.2, 0.25) is 0 Å². The van der Waals surface area contributed by atoms with E-state index in [-0.39, 0.29) is 0 Å². The number of aryl methyl sites for hydroxylation is 1. The van der Waals surface area contributed by atoms with Gasteiger partial charge in [-0.25, -0.2) is 9.36 Å². The van der Waals surface area contributed by atoms with E-state index in [1.807, 2.05) is 23.9 Å². The van der Waals surface area contributed by atoms with E-state index < -0.39 is 20.0 Å². The molecule has 4 nitrogen and oxygen atoms in total. The van der Waals surface area contributed by atoms with E-state index in [9.17, 15) is 4.79 Å². The first-order valence-corrected chi connectivity index (χ1v) is 15.0. The summed E-state index contributed by atoms with van der Waals surface area (Å²) < 4.78 is 6.27. The summed E-state index contributed by atoms with van der Waals surface area (Å²) in [6.07, 6.45) is 3.21. The molecule has 0 saturated carbocycles. The zero-order chi connectivity index (χ0) is 13.5. The Morgan fingerprint density at radius 2 is 1.94 bits per heavy atom. The van der Waals surface area contributed by atoms with E-state index in [4.69, 9.17) is 35.6 Å². The molecule has 1 heterocycles. The molecule has 0 aliphatic heterocycles. The van der Waals surface area contributed by atoms with Gasteiger partial charge < -0.3 is 4.74 Å². The number of rotatable bonds is 1. The van der Waals surface area contributed by atoms with Crippen LogP contribution in [0, 0.1) is 0 Å². The van der Waals surface area contributed by atoms with E-state index in [0.29, 0.717) is 5.69 Å². The van der Waals surface area contributed by atoms with Gasteiger partial charge in [-0.1, -0.05) is 0 Å². The fraction of sp³-hybridized carbons (Fsp3) is 0.250. The summed E-state index contributed by atoms with van der Waals surface area (Å²) in [5, 5.41) is 2.55. The molecule has 0 fully saturated rings. The molecule has 1 aromatic rings. The van der Waals surface area contributed by atoms with Crippen LogP contribution in [-0.4, -0.2) is 13.2 Å². The van der Waals surface area contributed by atoms with Crippen molar-refractivity contribution in [3.05, 3.63) is 24.5 Å². The van der Waals surface area contributed by atoms with Gasteiger partial charge in [-0.3, -0.25) is 5.32 Å². The summed E-state index contributed by atoms with van der Waals surface area (Å²) in [4.78, 5) is 10.7. The van der Waals surface area contributed by atoms with Gasteiger partial charge in [-0.05, 0) is 6.07 Å². The van der Waals surface area contributed by atoms with Crippen LogP contribution in [0.25, 0.3) is 0 Å². The normalized spacial score (nSPS) is 10.9. The van der Waals surface area contributed by atoms with Crippen molar-refractivity contribution in [2.75, 3.05) is 12.4 Å². The Kier molecular flexibility index (Phi) is 8.57. The Bertz CT molecular complexity index is 367. The SMILES string of the molecule is COC(=O)Nc1ccc[n+](C)c1.Cl[I-](Cl)(Cl)Cl. The maximum absolute atomic E-state index is 10.7. The molecular weight excluding hydrogens is 425 g/mol. The van der Waals surface area contributed by atoms with Crippen LogP contribution in [0.4, 0.5) is 10.5 Å². The van der Waals surface area contributed by atoms with Gasteiger partial charge in [0.05, 0.1) is 7.11 Å². The Morgan fingerprint density at radius 3 is 2.35 bits per heavy atom. The first-order valence-electron chi connectivity index (χ1n) is 4.10. The average molecular weight is 436 g/mol. The topological polar surface area (TPSA) is 42.2 Å². The number of aromatic nitrogens is 1. The Balaban J connectivity index is 0.000000437. The maximum atomic E-state index is 10.7. The molecule has 17 heavy (non-hydrogen) atoms. The van der Waals surface area contributed by atoms with Crippen molar-refractivity contribution in [1.29, 1.82) is 0 Å². The standard InChI is InChI=1S/C8H10N2O2.Cl4I/c1-10-5-3-4-7(6-10)9-8(11)12-2;1-5(2,3)4/h3-6H,1-2H3;/q;-1/p+1. The number of anilines is 1. The first kappa shape index (κ1) is 17.3. The van der Waals surface area contributed by atoms with Gasteiger partial charge >= 0.3 is 55.6 Å². The number of pyridine rings is 1. The van der Waals surface area contributed by atoms with E-state index in [0.717, 1.165) is 0 Å². The first-order chi connectivity index (χ1) is 7.72. The van der Waals surface area contributed by atoms with Crippen molar-refractivity contribution in [3.63, 3.8) is 0 Å². The predicted molar refractivity (Wildman–Crippen MR) is 67.1 cm³/mol. The van der Waals surface area contributed by atoms with Gasteiger partial charge in [0.1, 0.15) is 12.7 Å². The molecule has 0 saturated heterocycles. The Labute approximate surface area is 118 Å². The summed E-state index contributed by atoms with van der Waals surface area (Å²) in [5.74, 6) is 0. The fourth-order valence-electron chi connectivity index (χ4n) is 0.831. The van der Waals surface area contributed by atoms with Crippen molar-refractivity contribution < 1.29 is 28.0 Å². The van der Waals surface area contributed by atoms with Crippen LogP contribution < -0.4 is 23.8 Å². The third kappa shape index (κ3) is 12.6. The molecule has 0 atom stereocenters. The van der Waals surface area contributed by atoms with Crippen LogP contribution in [0.15, 0.2) is 24.5 Å². The van der Waals surface area contributed by atoms with Crippen LogP contribution in [0.5, 0.6) is 0 Å². The third-order valence-electron chi connectivity index (χ3n) is 1.37. The van der Waals surface area contributed by atoms with Gasteiger partial charge in [0, 0.05) is 6.07 Å². The molecule has 100 valence electrons. The zero-order valence-corrected chi connectivity index (χ0v) is 14.1. The molecule has 0 radical (unpaired) electrons. The van der Waals surface area contributed by atoms with Crippen LogP contribution in [0.3, 0.4) is 0 Å². The number of nitrogens with zero attached hydrogens (tertiary/aromatic N) is 1. The molecule has 1 aromatic heterocycles. The van der Waals surface area contributed by atoms with E-state index >= 15 is 0 Å². The van der Waals surface area contributed by atoms with Crippen molar-refractivity contribution >= 4 is 47.4 Å². The molecule has 0 bridgehead atoms. The number of halogens is 5. The summed E-state index contributed by atoms with van der Waals surface area (Å²) in [7, 11) is 23.2. The van der Waals surface area contributed by atoms with Crippen LogP contribution in [0.1, 0.15) is 0 Å². The number of hydrogen-bond donors (Lipinski definition) is 1. The van der Waals surface area contributed by atoms with Gasteiger partial charge in [-0.15, -0.1) is 0 Å². The second-order valence-corrected chi connectivity index (χ2v) is 21.9. The molecular formula is C8H11Cl4IN2O2. The van der Waals surface area contributed by atoms with E-state index in [1.165, 1.54) is 7.11 Å². The second-order valence-electron chi connectivity index (χ2n) is 2.70. The third-order valence-corrected chi connectivity index (χ3v) is 1.37. The summed E-state index contributed by atoms with van der Waals surface area (Å²) in [6, 6.07) is 3.63. The summed E-state index contributed by atoms with van der Waals surface area (Å²) >= 11 is -3.05. The number of carbonyl (C=O) groups is 1. The Hall–Kier alpha value is 0.310. The average Bonchev–Trinajstić information content (AvgIpc) is 2.15. The molecule has 1 rings (SSSR count). The number of methoxy groups -OCH3 is 1. The molecule has 0 spiro atoms. The minimum atomic E-state index is -3.05. The molecule has 0 aliphatic rings. The van der Waals surface area contributed by atoms with Gasteiger partial charge in [-0.2, -0.15) is 0 Å². The predicted octanol–water partition coefficient (Wildman–Crippen LogP) is 0.451. The van der Waals surface area contributed by atoms with E-state index in [2.05, 4.69) is 10.1 Å². The fourth-order valence-corrected chi connectivity index (χ4v) is 0.831. The monoisotopic (exact) mass is 434 g/mol. The molecule has 0 aliphatic carbocycles. The molecule has 0 unspecified atom stereocenters. The van der Waals surface area contributed by atoms with Crippen molar-refractivity contribution in [1.82, 2.24) is 0 Å².